The van der Waals surface area contributed by atoms with Crippen LogP contribution in [-0.2, 0) is 9.53 Å². The number of likely N-dealkylation sites (N-methyl/N-ethyl adjacent to an activating group) is 1. The Morgan fingerprint density at radius 3 is 2.81 bits per heavy atom. The Morgan fingerprint density at radius 2 is 2.11 bits per heavy atom. The highest BCUT2D eigenvalue weighted by atomic mass is 16.5. The van der Waals surface area contributed by atoms with Gasteiger partial charge in [0.15, 0.2) is 5.96 Å². The van der Waals surface area contributed by atoms with Crippen molar-refractivity contribution in [2.75, 3.05) is 58.4 Å². The summed E-state index contributed by atoms with van der Waals surface area (Å²) in [5.41, 5.74) is 1.24. The van der Waals surface area contributed by atoms with Crippen LogP contribution in [0.3, 0.4) is 0 Å². The Hall–Kier alpha value is -2.28. The summed E-state index contributed by atoms with van der Waals surface area (Å²) in [6, 6.07) is 10.7. The van der Waals surface area contributed by atoms with E-state index in [1.807, 2.05) is 13.0 Å². The van der Waals surface area contributed by atoms with Crippen LogP contribution in [-0.4, -0.2) is 76.3 Å². The molecule has 1 fully saturated rings. The molecule has 1 aliphatic rings. The van der Waals surface area contributed by atoms with Crippen molar-refractivity contribution < 1.29 is 9.53 Å². The normalized spacial score (nSPS) is 17.1. The molecule has 1 aliphatic heterocycles. The van der Waals surface area contributed by atoms with Crippen molar-refractivity contribution in [3.8, 4) is 0 Å². The molecule has 1 saturated heterocycles. The van der Waals surface area contributed by atoms with E-state index >= 15 is 0 Å². The van der Waals surface area contributed by atoms with E-state index in [0.29, 0.717) is 12.0 Å². The molecule has 150 valence electrons. The highest BCUT2D eigenvalue weighted by Gasteiger charge is 2.23. The van der Waals surface area contributed by atoms with Crippen LogP contribution in [0.4, 0.5) is 5.69 Å². The number of anilines is 1. The Bertz CT molecular complexity index is 591. The van der Waals surface area contributed by atoms with E-state index in [2.05, 4.69) is 44.8 Å². The zero-order chi connectivity index (χ0) is 19.5. The predicted octanol–water partition coefficient (Wildman–Crippen LogP) is 1.32. The first kappa shape index (κ1) is 21.0. The van der Waals surface area contributed by atoms with Crippen LogP contribution in [0.5, 0.6) is 0 Å². The lowest BCUT2D eigenvalue weighted by molar-refractivity contribution is -0.127. The fraction of sp³-hybridized carbons (Fsp3) is 0.600. The number of rotatable bonds is 9. The van der Waals surface area contributed by atoms with Gasteiger partial charge in [0.25, 0.3) is 0 Å². The van der Waals surface area contributed by atoms with Gasteiger partial charge in [-0.3, -0.25) is 4.79 Å². The average molecular weight is 376 g/mol. The number of aliphatic imine (C=N–C) groups is 1. The van der Waals surface area contributed by atoms with E-state index in [4.69, 9.17) is 4.74 Å². The summed E-state index contributed by atoms with van der Waals surface area (Å²) >= 11 is 0. The third-order valence-electron chi connectivity index (χ3n) is 4.48. The second kappa shape index (κ2) is 11.4. The summed E-state index contributed by atoms with van der Waals surface area (Å²) in [6.45, 7) is 6.28. The molecule has 2 N–H and O–H groups in total. The standard InChI is InChI=1S/C20H33N5O2/c1-4-27-14-8-12-21-20(22-15-19(26)24(2)3)23-17-11-13-25(16-17)18-9-6-5-7-10-18/h5-7,9-10,17H,4,8,11-16H2,1-3H3,(H2,21,22,23). The SMILES string of the molecule is CCOCCCNC(=NCC(=O)N(C)C)NC1CCN(c2ccccc2)C1. The average Bonchev–Trinajstić information content (AvgIpc) is 3.14. The topological polar surface area (TPSA) is 69.2 Å². The third kappa shape index (κ3) is 7.46. The number of nitrogens with zero attached hydrogens (tertiary/aromatic N) is 3. The summed E-state index contributed by atoms with van der Waals surface area (Å²) in [6.07, 6.45) is 1.94. The molecule has 0 radical (unpaired) electrons. The summed E-state index contributed by atoms with van der Waals surface area (Å²) in [5.74, 6) is 0.685. The lowest BCUT2D eigenvalue weighted by Crippen LogP contribution is -2.45. The van der Waals surface area contributed by atoms with Gasteiger partial charge in [0.1, 0.15) is 6.54 Å². The molecule has 0 spiro atoms. The summed E-state index contributed by atoms with van der Waals surface area (Å²) < 4.78 is 5.37. The number of carbonyl (C=O) groups is 1. The van der Waals surface area contributed by atoms with E-state index in [-0.39, 0.29) is 12.5 Å². The quantitative estimate of drug-likeness (QED) is 0.387. The van der Waals surface area contributed by atoms with Crippen LogP contribution in [0.2, 0.25) is 0 Å². The molecule has 0 bridgehead atoms. The zero-order valence-corrected chi connectivity index (χ0v) is 16.8. The number of carbonyl (C=O) groups excluding carboxylic acids is 1. The van der Waals surface area contributed by atoms with Gasteiger partial charge >= 0.3 is 0 Å². The van der Waals surface area contributed by atoms with Gasteiger partial charge in [0.05, 0.1) is 0 Å². The lowest BCUT2D eigenvalue weighted by Gasteiger charge is -2.20. The van der Waals surface area contributed by atoms with Crippen molar-refractivity contribution in [1.82, 2.24) is 15.5 Å². The monoisotopic (exact) mass is 375 g/mol. The molecule has 7 heteroatoms. The molecular weight excluding hydrogens is 342 g/mol. The minimum atomic E-state index is -0.0113. The fourth-order valence-electron chi connectivity index (χ4n) is 2.91. The second-order valence-corrected chi connectivity index (χ2v) is 6.84. The lowest BCUT2D eigenvalue weighted by atomic mass is 10.2. The molecule has 1 aromatic carbocycles. The Morgan fingerprint density at radius 1 is 1.33 bits per heavy atom. The Kier molecular flexibility index (Phi) is 8.91. The van der Waals surface area contributed by atoms with Gasteiger partial charge < -0.3 is 25.2 Å². The molecule has 1 amide bonds. The van der Waals surface area contributed by atoms with Crippen LogP contribution in [0.25, 0.3) is 0 Å². The van der Waals surface area contributed by atoms with Crippen molar-refractivity contribution in [3.05, 3.63) is 30.3 Å². The number of para-hydroxylation sites is 1. The van der Waals surface area contributed by atoms with Gasteiger partial charge in [0, 0.05) is 58.7 Å². The number of hydrogen-bond donors (Lipinski definition) is 2. The van der Waals surface area contributed by atoms with Crippen LogP contribution in [0.1, 0.15) is 19.8 Å². The molecule has 0 saturated carbocycles. The minimum Gasteiger partial charge on any atom is -0.382 e. The molecule has 2 rings (SSSR count). The van der Waals surface area contributed by atoms with Crippen LogP contribution >= 0.6 is 0 Å². The Labute approximate surface area is 162 Å². The molecular formula is C20H33N5O2. The minimum absolute atomic E-state index is 0.0113. The first-order valence-corrected chi connectivity index (χ1v) is 9.73. The maximum absolute atomic E-state index is 11.9. The van der Waals surface area contributed by atoms with Gasteiger partial charge in [-0.2, -0.15) is 0 Å². The predicted molar refractivity (Wildman–Crippen MR) is 110 cm³/mol. The maximum Gasteiger partial charge on any atom is 0.243 e. The van der Waals surface area contributed by atoms with Crippen molar-refractivity contribution in [2.45, 2.75) is 25.8 Å². The number of hydrogen-bond acceptors (Lipinski definition) is 4. The maximum atomic E-state index is 11.9. The third-order valence-corrected chi connectivity index (χ3v) is 4.48. The first-order valence-electron chi connectivity index (χ1n) is 9.73. The van der Waals surface area contributed by atoms with Crippen LogP contribution in [0, 0.1) is 0 Å². The summed E-state index contributed by atoms with van der Waals surface area (Å²) in [7, 11) is 3.49. The molecule has 1 unspecified atom stereocenters. The molecule has 1 aromatic rings. The Balaban J connectivity index is 1.88. The van der Waals surface area contributed by atoms with E-state index < -0.39 is 0 Å². The highest BCUT2D eigenvalue weighted by Crippen LogP contribution is 2.19. The molecule has 0 aromatic heterocycles. The van der Waals surface area contributed by atoms with Gasteiger partial charge in [-0.15, -0.1) is 0 Å². The first-order chi connectivity index (χ1) is 13.1. The molecule has 7 nitrogen and oxygen atoms in total. The smallest absolute Gasteiger partial charge is 0.243 e. The van der Waals surface area contributed by atoms with Gasteiger partial charge in [-0.05, 0) is 31.9 Å². The number of ether oxygens (including phenoxy) is 1. The molecule has 0 aliphatic carbocycles. The zero-order valence-electron chi connectivity index (χ0n) is 16.8. The largest absolute Gasteiger partial charge is 0.382 e. The van der Waals surface area contributed by atoms with E-state index in [0.717, 1.165) is 45.7 Å². The van der Waals surface area contributed by atoms with Crippen molar-refractivity contribution in [2.24, 2.45) is 4.99 Å². The number of amides is 1. The second-order valence-electron chi connectivity index (χ2n) is 6.84. The number of benzene rings is 1. The highest BCUT2D eigenvalue weighted by molar-refractivity contribution is 5.85. The van der Waals surface area contributed by atoms with Gasteiger partial charge in [-0.25, -0.2) is 4.99 Å². The molecule has 1 heterocycles. The van der Waals surface area contributed by atoms with Crippen molar-refractivity contribution in [3.63, 3.8) is 0 Å². The number of nitrogens with one attached hydrogen (secondary N) is 2. The summed E-state index contributed by atoms with van der Waals surface area (Å²) in [5, 5.41) is 6.81. The molecule has 1 atom stereocenters. The van der Waals surface area contributed by atoms with Crippen molar-refractivity contribution >= 4 is 17.6 Å². The van der Waals surface area contributed by atoms with Gasteiger partial charge in [-0.1, -0.05) is 18.2 Å². The van der Waals surface area contributed by atoms with E-state index in [9.17, 15) is 4.79 Å². The van der Waals surface area contributed by atoms with E-state index in [1.54, 1.807) is 19.0 Å². The fourth-order valence-corrected chi connectivity index (χ4v) is 2.91. The number of guanidine groups is 1. The van der Waals surface area contributed by atoms with E-state index in [1.165, 1.54) is 5.69 Å². The van der Waals surface area contributed by atoms with Crippen LogP contribution in [0.15, 0.2) is 35.3 Å². The summed E-state index contributed by atoms with van der Waals surface area (Å²) in [4.78, 5) is 20.3. The molecule has 27 heavy (non-hydrogen) atoms. The van der Waals surface area contributed by atoms with Gasteiger partial charge in [0.2, 0.25) is 5.91 Å². The van der Waals surface area contributed by atoms with Crippen LogP contribution < -0.4 is 15.5 Å². The van der Waals surface area contributed by atoms with Crippen molar-refractivity contribution in [1.29, 1.82) is 0 Å².